The Morgan fingerprint density at radius 2 is 1.00 bits per heavy atom. The summed E-state index contributed by atoms with van der Waals surface area (Å²) in [7, 11) is 0. The van der Waals surface area contributed by atoms with Gasteiger partial charge in [0.1, 0.15) is 33.5 Å². The maximum atomic E-state index is 7.39. The fourth-order valence-corrected chi connectivity index (χ4v) is 14.8. The molecule has 0 atom stereocenters. The maximum Gasteiger partial charge on any atom is 0.333 e. The number of furan rings is 3. The lowest BCUT2D eigenvalue weighted by Gasteiger charge is -2.42. The Labute approximate surface area is 432 Å². The van der Waals surface area contributed by atoms with Crippen LogP contribution in [0.3, 0.4) is 0 Å². The highest BCUT2D eigenvalue weighted by Gasteiger charge is 2.48. The van der Waals surface area contributed by atoms with Crippen molar-refractivity contribution < 1.29 is 13.3 Å². The lowest BCUT2D eigenvalue weighted by atomic mass is 9.43. The highest BCUT2D eigenvalue weighted by molar-refractivity contribution is 6.94. The van der Waals surface area contributed by atoms with Crippen molar-refractivity contribution in [3.05, 3.63) is 149 Å². The van der Waals surface area contributed by atoms with Gasteiger partial charge in [0.25, 0.3) is 0 Å². The largest absolute Gasteiger partial charge is 0.456 e. The van der Waals surface area contributed by atoms with Crippen molar-refractivity contribution in [2.45, 2.75) is 129 Å². The molecule has 0 spiro atoms. The topological polar surface area (TPSA) is 47.6 Å². The fourth-order valence-electron chi connectivity index (χ4n) is 14.8. The third kappa shape index (κ3) is 5.42. The Balaban J connectivity index is 1.13. The van der Waals surface area contributed by atoms with Gasteiger partial charge < -0.3 is 22.6 Å². The molecule has 74 heavy (non-hydrogen) atoms. The zero-order chi connectivity index (χ0) is 50.5. The number of hydrogen-bond donors (Lipinski definition) is 0. The van der Waals surface area contributed by atoms with Crippen molar-refractivity contribution in [1.29, 1.82) is 0 Å². The van der Waals surface area contributed by atoms with E-state index in [1.54, 1.807) is 0 Å². The first-order chi connectivity index (χ1) is 35.3. The Morgan fingerprint density at radius 1 is 0.473 bits per heavy atom. The summed E-state index contributed by atoms with van der Waals surface area (Å²) in [6.07, 6.45) is 4.57. The summed E-state index contributed by atoms with van der Waals surface area (Å²) in [6.45, 7) is 26.1. The molecule has 0 radical (unpaired) electrons. The Kier molecular flexibility index (Phi) is 7.92. The van der Waals surface area contributed by atoms with Crippen LogP contribution in [0, 0.1) is 0 Å². The van der Waals surface area contributed by atoms with Crippen molar-refractivity contribution >= 4 is 117 Å². The number of rotatable bonds is 1. The van der Waals surface area contributed by atoms with E-state index in [2.05, 4.69) is 207 Å². The van der Waals surface area contributed by atoms with Gasteiger partial charge in [-0.05, 0) is 170 Å². The minimum absolute atomic E-state index is 0.00628. The minimum Gasteiger partial charge on any atom is -0.456 e. The van der Waals surface area contributed by atoms with Crippen LogP contribution in [0.5, 0.6) is 0 Å². The van der Waals surface area contributed by atoms with Gasteiger partial charge in [-0.15, -0.1) is 0 Å². The number of fused-ring (bicyclic) bond motifs is 21. The van der Waals surface area contributed by atoms with Crippen LogP contribution in [0.1, 0.15) is 130 Å². The standard InChI is InChI=1S/C68H61BN2O3/c1-64(2,3)36-20-22-37(23-21-36)71-51-30-42-40-28-45-48(68(10,11)27-25-65(45,4)5)34-56(40)73-55(42)32-44(51)58-59-39-17-13-15-19-54(39)74-63(59)60-43-29-46-47(67(8,9)26-24-66(46,6)7)33-50(43)70-52-31-41-38-16-12-14-18-53(38)72-57(41)35-49(52)69(71)61(58)62(60)70/h12-23,28-35H,24-27H2,1-11H3. The van der Waals surface area contributed by atoms with Crippen molar-refractivity contribution in [2.75, 3.05) is 4.81 Å². The summed E-state index contributed by atoms with van der Waals surface area (Å²) >= 11 is 0. The van der Waals surface area contributed by atoms with Crippen molar-refractivity contribution in [3.8, 4) is 16.8 Å². The van der Waals surface area contributed by atoms with E-state index in [-0.39, 0.29) is 33.9 Å². The van der Waals surface area contributed by atoms with Crippen LogP contribution < -0.4 is 15.7 Å². The van der Waals surface area contributed by atoms with Gasteiger partial charge in [-0.2, -0.15) is 0 Å². The molecule has 4 aliphatic rings. The monoisotopic (exact) mass is 964 g/mol. The van der Waals surface area contributed by atoms with Crippen LogP contribution in [-0.2, 0) is 27.1 Å². The maximum absolute atomic E-state index is 7.39. The summed E-state index contributed by atoms with van der Waals surface area (Å²) in [6, 6.07) is 46.5. The highest BCUT2D eigenvalue weighted by Crippen LogP contribution is 2.56. The predicted molar refractivity (Wildman–Crippen MR) is 311 cm³/mol. The van der Waals surface area contributed by atoms with Gasteiger partial charge in [0.2, 0.25) is 0 Å². The Bertz CT molecular complexity index is 4540. The van der Waals surface area contributed by atoms with Crippen LogP contribution in [0.2, 0.25) is 0 Å². The van der Waals surface area contributed by atoms with Gasteiger partial charge in [0.15, 0.2) is 0 Å². The molecule has 8 aromatic carbocycles. The predicted octanol–water partition coefficient (Wildman–Crippen LogP) is 17.7. The number of anilines is 2. The fraction of sp³-hybridized carbons (Fsp3) is 0.294. The summed E-state index contributed by atoms with van der Waals surface area (Å²) < 4.78 is 24.1. The lowest BCUT2D eigenvalue weighted by molar-refractivity contribution is 0.332. The summed E-state index contributed by atoms with van der Waals surface area (Å²) in [5, 5.41) is 9.30. The van der Waals surface area contributed by atoms with E-state index < -0.39 is 0 Å². The Morgan fingerprint density at radius 3 is 1.68 bits per heavy atom. The van der Waals surface area contributed by atoms with Crippen molar-refractivity contribution in [3.63, 3.8) is 0 Å². The molecule has 0 saturated heterocycles. The van der Waals surface area contributed by atoms with Gasteiger partial charge in [0, 0.05) is 60.3 Å². The zero-order valence-corrected chi connectivity index (χ0v) is 44.6. The van der Waals surface area contributed by atoms with Crippen LogP contribution in [0.15, 0.2) is 135 Å². The molecule has 0 saturated carbocycles. The second kappa shape index (κ2) is 13.6. The number of para-hydroxylation sites is 2. The molecular weight excluding hydrogens is 904 g/mol. The van der Waals surface area contributed by atoms with Gasteiger partial charge in [-0.1, -0.05) is 125 Å². The number of hydrogen-bond acceptors (Lipinski definition) is 4. The van der Waals surface area contributed by atoms with E-state index in [4.69, 9.17) is 13.3 Å². The average Bonchev–Trinajstić information content (AvgIpc) is 4.23. The zero-order valence-electron chi connectivity index (χ0n) is 44.6. The number of nitrogens with zero attached hydrogens (tertiary/aromatic N) is 2. The molecule has 0 fully saturated rings. The molecule has 16 rings (SSSR count). The van der Waals surface area contributed by atoms with E-state index in [1.807, 2.05) is 0 Å². The van der Waals surface area contributed by atoms with Gasteiger partial charge in [0.05, 0.1) is 16.4 Å². The van der Waals surface area contributed by atoms with E-state index in [9.17, 15) is 0 Å². The molecule has 364 valence electrons. The van der Waals surface area contributed by atoms with Crippen molar-refractivity contribution in [1.82, 2.24) is 4.57 Å². The minimum atomic E-state index is -0.242. The van der Waals surface area contributed by atoms with Gasteiger partial charge >= 0.3 is 6.85 Å². The lowest BCUT2D eigenvalue weighted by Crippen LogP contribution is -2.60. The third-order valence-corrected chi connectivity index (χ3v) is 19.2. The first-order valence-corrected chi connectivity index (χ1v) is 27.2. The molecular formula is C68H61BN2O3. The van der Waals surface area contributed by atoms with Crippen LogP contribution in [0.4, 0.5) is 11.4 Å². The van der Waals surface area contributed by atoms with Crippen molar-refractivity contribution in [2.24, 2.45) is 0 Å². The number of aromatic nitrogens is 1. The smallest absolute Gasteiger partial charge is 0.333 e. The van der Waals surface area contributed by atoms with Crippen LogP contribution in [0.25, 0.3) is 104 Å². The second-order valence-electron chi connectivity index (χ2n) is 26.5. The van der Waals surface area contributed by atoms with E-state index in [0.29, 0.717) is 0 Å². The second-order valence-corrected chi connectivity index (χ2v) is 26.5. The molecule has 12 aromatic rings. The molecule has 0 N–H and O–H groups in total. The molecule has 5 nitrogen and oxygen atoms in total. The molecule has 2 aliphatic carbocycles. The summed E-state index contributed by atoms with van der Waals surface area (Å²) in [5.74, 6) is 0. The van der Waals surface area contributed by atoms with E-state index >= 15 is 0 Å². The first-order valence-electron chi connectivity index (χ1n) is 27.2. The normalized spacial score (nSPS) is 18.1. The highest BCUT2D eigenvalue weighted by atomic mass is 16.3. The van der Waals surface area contributed by atoms with E-state index in [0.717, 1.165) is 103 Å². The molecule has 4 aromatic heterocycles. The van der Waals surface area contributed by atoms with Gasteiger partial charge in [-0.3, -0.25) is 0 Å². The first kappa shape index (κ1) is 43.2. The molecule has 0 amide bonds. The molecule has 6 heteroatoms. The quantitative estimate of drug-likeness (QED) is 0.154. The summed E-state index contributed by atoms with van der Waals surface area (Å²) in [5.41, 5.74) is 23.5. The molecule has 6 heterocycles. The number of benzene rings is 8. The van der Waals surface area contributed by atoms with Gasteiger partial charge in [-0.25, -0.2) is 0 Å². The molecule has 0 bridgehead atoms. The SMILES string of the molecule is CC(C)(C)c1ccc(N2B3c4cc5oc6ccccc6c5cc4-n4c5cc6c(cc5c5c7oc8ccccc8c7c(c3c54)-c3cc4oc5cc7c(cc5c4cc32)C(C)(C)CCC7(C)C)C(C)(C)CCC6(C)C)cc1. The van der Waals surface area contributed by atoms with Crippen LogP contribution >= 0.6 is 0 Å². The molecule has 0 unspecified atom stereocenters. The van der Waals surface area contributed by atoms with E-state index in [1.165, 1.54) is 77.2 Å². The average molecular weight is 965 g/mol. The summed E-state index contributed by atoms with van der Waals surface area (Å²) in [4.78, 5) is 2.67. The Hall–Kier alpha value is -7.18. The van der Waals surface area contributed by atoms with Crippen LogP contribution in [-0.4, -0.2) is 11.4 Å². The molecule has 2 aliphatic heterocycles. The third-order valence-electron chi connectivity index (χ3n) is 19.2.